The van der Waals surface area contributed by atoms with E-state index in [4.69, 9.17) is 18.9 Å². The first-order valence-electron chi connectivity index (χ1n) is 11.4. The second kappa shape index (κ2) is 12.5. The van der Waals surface area contributed by atoms with Gasteiger partial charge >= 0.3 is 0 Å². The van der Waals surface area contributed by atoms with Gasteiger partial charge in [-0.2, -0.15) is 4.31 Å². The summed E-state index contributed by atoms with van der Waals surface area (Å²) < 4.78 is 48.4. The minimum Gasteiger partial charge on any atom is -0.495 e. The highest BCUT2D eigenvalue weighted by Crippen LogP contribution is 2.38. The molecule has 3 rings (SSSR count). The van der Waals surface area contributed by atoms with Crippen molar-refractivity contribution < 1.29 is 32.2 Å². The number of carbonyl (C=O) groups excluding carboxylic acids is 1. The summed E-state index contributed by atoms with van der Waals surface area (Å²) in [5.41, 5.74) is 1.61. The Morgan fingerprint density at radius 3 is 2.11 bits per heavy atom. The number of nitrogens with one attached hydrogen (secondary N) is 1. The van der Waals surface area contributed by atoms with E-state index in [2.05, 4.69) is 10.2 Å². The van der Waals surface area contributed by atoms with Gasteiger partial charge in [-0.3, -0.25) is 4.79 Å². The Morgan fingerprint density at radius 1 is 0.917 bits per heavy atom. The van der Waals surface area contributed by atoms with E-state index in [1.54, 1.807) is 25.3 Å². The van der Waals surface area contributed by atoms with Gasteiger partial charge in [-0.1, -0.05) is 12.1 Å². The topological polar surface area (TPSA) is 107 Å². The van der Waals surface area contributed by atoms with Crippen LogP contribution in [0.5, 0.6) is 23.0 Å². The van der Waals surface area contributed by atoms with Crippen molar-refractivity contribution in [3.63, 3.8) is 0 Å². The van der Waals surface area contributed by atoms with Crippen molar-refractivity contribution >= 4 is 27.7 Å². The number of anilines is 1. The molecule has 0 bridgehead atoms. The molecule has 0 saturated carbocycles. The average molecular weight is 520 g/mol. The van der Waals surface area contributed by atoms with Gasteiger partial charge in [0.15, 0.2) is 11.5 Å². The number of hydrogen-bond acceptors (Lipinski definition) is 8. The Balaban J connectivity index is 1.51. The number of ether oxygens (including phenoxy) is 4. The summed E-state index contributed by atoms with van der Waals surface area (Å²) in [7, 11) is 2.65. The third-order valence-corrected chi connectivity index (χ3v) is 7.70. The highest BCUT2D eigenvalue weighted by atomic mass is 32.2. The van der Waals surface area contributed by atoms with Crippen LogP contribution < -0.4 is 29.2 Å². The number of nitrogens with zero attached hydrogens (tertiary/aromatic N) is 2. The van der Waals surface area contributed by atoms with E-state index in [0.717, 1.165) is 11.4 Å². The van der Waals surface area contributed by atoms with Crippen LogP contribution in [0.4, 0.5) is 5.69 Å². The lowest BCUT2D eigenvalue weighted by molar-refractivity contribution is -0.116. The monoisotopic (exact) mass is 519 g/mol. The summed E-state index contributed by atoms with van der Waals surface area (Å²) in [4.78, 5) is 14.4. The lowest BCUT2D eigenvalue weighted by Gasteiger charge is -2.35. The van der Waals surface area contributed by atoms with E-state index in [-0.39, 0.29) is 12.3 Å². The van der Waals surface area contributed by atoms with Crippen LogP contribution in [0.25, 0.3) is 6.08 Å². The van der Waals surface area contributed by atoms with E-state index < -0.39 is 15.9 Å². The van der Waals surface area contributed by atoms with Gasteiger partial charge in [-0.15, -0.1) is 0 Å². The molecule has 196 valence electrons. The van der Waals surface area contributed by atoms with Crippen LogP contribution in [-0.4, -0.2) is 85.5 Å². The number of piperazine rings is 1. The second-order valence-corrected chi connectivity index (χ2v) is 10.0. The summed E-state index contributed by atoms with van der Waals surface area (Å²) in [6.45, 7) is 1.87. The SMILES string of the molecule is COc1ccccc1N1CCN(S(=O)(=O)CCNC(=O)/C=C/c2cc(OC)c(OC)c(OC)c2)CC1. The molecule has 0 aliphatic carbocycles. The van der Waals surface area contributed by atoms with Crippen molar-refractivity contribution in [3.8, 4) is 23.0 Å². The number of amides is 1. The summed E-state index contributed by atoms with van der Waals surface area (Å²) in [5.74, 6) is 1.57. The van der Waals surface area contributed by atoms with Crippen molar-refractivity contribution in [3.05, 3.63) is 48.0 Å². The van der Waals surface area contributed by atoms with Crippen LogP contribution >= 0.6 is 0 Å². The molecule has 1 heterocycles. The van der Waals surface area contributed by atoms with Crippen LogP contribution in [0.15, 0.2) is 42.5 Å². The van der Waals surface area contributed by atoms with Crippen LogP contribution in [0, 0.1) is 0 Å². The quantitative estimate of drug-likeness (QED) is 0.450. The molecule has 0 aromatic heterocycles. The molecule has 0 atom stereocenters. The molecule has 1 fully saturated rings. The maximum Gasteiger partial charge on any atom is 0.244 e. The highest BCUT2D eigenvalue weighted by molar-refractivity contribution is 7.89. The smallest absolute Gasteiger partial charge is 0.244 e. The molecule has 0 spiro atoms. The van der Waals surface area contributed by atoms with Crippen molar-refractivity contribution in [2.75, 3.05) is 71.8 Å². The van der Waals surface area contributed by atoms with Crippen LogP contribution in [-0.2, 0) is 14.8 Å². The van der Waals surface area contributed by atoms with Crippen LogP contribution in [0.2, 0.25) is 0 Å². The predicted molar refractivity (Wildman–Crippen MR) is 139 cm³/mol. The Bertz CT molecular complexity index is 1150. The van der Waals surface area contributed by atoms with Gasteiger partial charge < -0.3 is 29.2 Å². The van der Waals surface area contributed by atoms with Gasteiger partial charge in [-0.05, 0) is 35.9 Å². The van der Waals surface area contributed by atoms with Gasteiger partial charge in [0.2, 0.25) is 21.7 Å². The zero-order valence-corrected chi connectivity index (χ0v) is 21.8. The fraction of sp³-hybridized carbons (Fsp3) is 0.400. The number of hydrogen-bond donors (Lipinski definition) is 1. The van der Waals surface area contributed by atoms with Gasteiger partial charge in [0.05, 0.1) is 39.9 Å². The van der Waals surface area contributed by atoms with Gasteiger partial charge in [0.25, 0.3) is 0 Å². The minimum absolute atomic E-state index is 0.00742. The van der Waals surface area contributed by atoms with Crippen molar-refractivity contribution in [2.24, 2.45) is 0 Å². The Labute approximate surface area is 212 Å². The first kappa shape index (κ1) is 27.2. The molecule has 36 heavy (non-hydrogen) atoms. The summed E-state index contributed by atoms with van der Waals surface area (Å²) >= 11 is 0. The molecular formula is C25H33N3O7S. The van der Waals surface area contributed by atoms with Gasteiger partial charge in [0.1, 0.15) is 5.75 Å². The highest BCUT2D eigenvalue weighted by Gasteiger charge is 2.27. The van der Waals surface area contributed by atoms with Crippen molar-refractivity contribution in [1.82, 2.24) is 9.62 Å². The number of para-hydroxylation sites is 2. The third-order valence-electron chi connectivity index (χ3n) is 5.83. The van der Waals surface area contributed by atoms with E-state index in [9.17, 15) is 13.2 Å². The molecule has 1 saturated heterocycles. The van der Waals surface area contributed by atoms with Crippen LogP contribution in [0.1, 0.15) is 5.56 Å². The largest absolute Gasteiger partial charge is 0.495 e. The van der Waals surface area contributed by atoms with Crippen molar-refractivity contribution in [1.29, 1.82) is 0 Å². The average Bonchev–Trinajstić information content (AvgIpc) is 2.91. The Hall–Kier alpha value is -3.44. The molecule has 10 nitrogen and oxygen atoms in total. The fourth-order valence-electron chi connectivity index (χ4n) is 3.96. The first-order chi connectivity index (χ1) is 17.3. The molecule has 1 amide bonds. The predicted octanol–water partition coefficient (Wildman–Crippen LogP) is 2.00. The normalized spacial score (nSPS) is 14.5. The maximum absolute atomic E-state index is 12.8. The maximum atomic E-state index is 12.8. The lowest BCUT2D eigenvalue weighted by atomic mass is 10.1. The van der Waals surface area contributed by atoms with E-state index in [1.807, 2.05) is 24.3 Å². The van der Waals surface area contributed by atoms with E-state index in [1.165, 1.54) is 31.7 Å². The summed E-state index contributed by atoms with van der Waals surface area (Å²) in [5, 5.41) is 2.63. The molecule has 1 aliphatic rings. The summed E-state index contributed by atoms with van der Waals surface area (Å²) in [6, 6.07) is 11.1. The molecule has 1 N–H and O–H groups in total. The number of methoxy groups -OCH3 is 4. The second-order valence-electron chi connectivity index (χ2n) is 7.96. The molecule has 0 radical (unpaired) electrons. The van der Waals surface area contributed by atoms with E-state index in [0.29, 0.717) is 49.0 Å². The zero-order chi connectivity index (χ0) is 26.1. The number of rotatable bonds is 11. The number of benzene rings is 2. The van der Waals surface area contributed by atoms with Crippen molar-refractivity contribution in [2.45, 2.75) is 0 Å². The summed E-state index contributed by atoms with van der Waals surface area (Å²) in [6.07, 6.45) is 2.92. The van der Waals surface area contributed by atoms with E-state index >= 15 is 0 Å². The first-order valence-corrected chi connectivity index (χ1v) is 13.1. The Kier molecular flexibility index (Phi) is 9.43. The molecule has 0 unspecified atom stereocenters. The lowest BCUT2D eigenvalue weighted by Crippen LogP contribution is -2.50. The fourth-order valence-corrected chi connectivity index (χ4v) is 5.30. The molecular weight excluding hydrogens is 486 g/mol. The molecule has 1 aliphatic heterocycles. The minimum atomic E-state index is -3.50. The molecule has 2 aromatic carbocycles. The van der Waals surface area contributed by atoms with Crippen LogP contribution in [0.3, 0.4) is 0 Å². The van der Waals surface area contributed by atoms with Gasteiger partial charge in [0, 0.05) is 38.8 Å². The molecule has 2 aromatic rings. The third kappa shape index (κ3) is 6.61. The molecule has 11 heteroatoms. The number of carbonyl (C=O) groups is 1. The number of sulfonamides is 1. The Morgan fingerprint density at radius 2 is 1.53 bits per heavy atom. The standard InChI is InChI=1S/C25H33N3O7S/c1-32-21-8-6-5-7-20(21)27-12-14-28(15-13-27)36(30,31)16-11-26-24(29)10-9-19-17-22(33-2)25(35-4)23(18-19)34-3/h5-10,17-18H,11-16H2,1-4H3,(H,26,29)/b10-9+. The van der Waals surface area contributed by atoms with Gasteiger partial charge in [-0.25, -0.2) is 8.42 Å². The zero-order valence-electron chi connectivity index (χ0n) is 21.0.